The molecule has 0 aliphatic carbocycles. The molecule has 46 heavy (non-hydrogen) atoms. The van der Waals surface area contributed by atoms with E-state index in [0.29, 0.717) is 23.4 Å². The van der Waals surface area contributed by atoms with Crippen LogP contribution in [0.1, 0.15) is 46.3 Å². The summed E-state index contributed by atoms with van der Waals surface area (Å²) in [5, 5.41) is 0. The lowest BCUT2D eigenvalue weighted by molar-refractivity contribution is -0.114. The molecule has 0 spiro atoms. The molecule has 0 bridgehead atoms. The van der Waals surface area contributed by atoms with Gasteiger partial charge in [-0.1, -0.05) is 78.0 Å². The van der Waals surface area contributed by atoms with Crippen LogP contribution in [0.2, 0.25) is 0 Å². The molecule has 4 aromatic carbocycles. The van der Waals surface area contributed by atoms with Crippen molar-refractivity contribution in [2.45, 2.75) is 37.6 Å². The minimum Gasteiger partial charge on any atom is -0.497 e. The summed E-state index contributed by atoms with van der Waals surface area (Å²) < 4.78 is 5.29. The van der Waals surface area contributed by atoms with Gasteiger partial charge in [-0.2, -0.15) is 0 Å². The predicted molar refractivity (Wildman–Crippen MR) is 189 cm³/mol. The van der Waals surface area contributed by atoms with Crippen LogP contribution in [0.4, 0.5) is 11.4 Å². The van der Waals surface area contributed by atoms with Gasteiger partial charge < -0.3 is 14.5 Å². The van der Waals surface area contributed by atoms with Crippen LogP contribution in [0.5, 0.6) is 5.75 Å². The van der Waals surface area contributed by atoms with Crippen molar-refractivity contribution in [1.29, 1.82) is 0 Å². The average Bonchev–Trinajstić information content (AvgIpc) is 3.09. The highest BCUT2D eigenvalue weighted by Crippen LogP contribution is 2.43. The van der Waals surface area contributed by atoms with E-state index in [4.69, 9.17) is 4.74 Å². The summed E-state index contributed by atoms with van der Waals surface area (Å²) in [4.78, 5) is 35.7. The van der Waals surface area contributed by atoms with Crippen molar-refractivity contribution in [3.05, 3.63) is 124 Å². The molecule has 7 heteroatoms. The third-order valence-electron chi connectivity index (χ3n) is 8.71. The van der Waals surface area contributed by atoms with E-state index in [1.54, 1.807) is 7.11 Å². The highest BCUT2D eigenvalue weighted by molar-refractivity contribution is 8.04. The van der Waals surface area contributed by atoms with Crippen molar-refractivity contribution >= 4 is 40.9 Å². The van der Waals surface area contributed by atoms with E-state index >= 15 is 0 Å². The normalized spacial score (nSPS) is 16.0. The summed E-state index contributed by atoms with van der Waals surface area (Å²) in [7, 11) is 1.69. The molecule has 0 radical (unpaired) electrons. The van der Waals surface area contributed by atoms with Crippen LogP contribution in [-0.2, 0) is 11.3 Å². The molecule has 1 amide bonds. The molecule has 0 N–H and O–H groups in total. The number of unbranched alkanes of at least 4 members (excludes halogenated alkanes) is 1. The Kier molecular flexibility index (Phi) is 10.2. The number of nitrogens with zero attached hydrogens (tertiary/aromatic N) is 3. The zero-order chi connectivity index (χ0) is 31.9. The van der Waals surface area contributed by atoms with Crippen LogP contribution >= 0.6 is 11.8 Å². The van der Waals surface area contributed by atoms with E-state index in [0.717, 1.165) is 78.6 Å². The Morgan fingerprint density at radius 3 is 2.39 bits per heavy atom. The van der Waals surface area contributed by atoms with Gasteiger partial charge in [0.25, 0.3) is 5.91 Å². The fourth-order valence-electron chi connectivity index (χ4n) is 6.12. The molecule has 0 atom stereocenters. The summed E-state index contributed by atoms with van der Waals surface area (Å²) in [5.74, 6) is 0.967. The number of hydrogen-bond donors (Lipinski definition) is 0. The van der Waals surface area contributed by atoms with E-state index in [9.17, 15) is 9.59 Å². The zero-order valence-corrected chi connectivity index (χ0v) is 27.5. The second kappa shape index (κ2) is 14.8. The topological polar surface area (TPSA) is 53.1 Å². The van der Waals surface area contributed by atoms with E-state index in [2.05, 4.69) is 47.1 Å². The van der Waals surface area contributed by atoms with Crippen molar-refractivity contribution in [3.63, 3.8) is 0 Å². The van der Waals surface area contributed by atoms with Crippen LogP contribution in [0.3, 0.4) is 0 Å². The highest BCUT2D eigenvalue weighted by atomic mass is 32.2. The molecule has 6 rings (SSSR count). The molecule has 0 aromatic heterocycles. The number of thioether (sulfide) groups is 1. The average molecular weight is 632 g/mol. The molecule has 0 unspecified atom stereocenters. The van der Waals surface area contributed by atoms with Crippen molar-refractivity contribution in [1.82, 2.24) is 4.90 Å². The van der Waals surface area contributed by atoms with Crippen LogP contribution in [0, 0.1) is 6.92 Å². The molecule has 236 valence electrons. The monoisotopic (exact) mass is 631 g/mol. The molecule has 4 aromatic rings. The van der Waals surface area contributed by atoms with E-state index in [1.165, 1.54) is 17.4 Å². The first kappa shape index (κ1) is 31.6. The SMILES string of the molecule is COc1ccc(N2CCN(CCCCC(=O)c3ccc4c(c3)N(Cc3cccc(C)c3)C(=O)/C(=C/c3ccccc3)S4)CC2)cc1. The maximum Gasteiger partial charge on any atom is 0.265 e. The molecule has 2 heterocycles. The van der Waals surface area contributed by atoms with Gasteiger partial charge in [0.1, 0.15) is 5.75 Å². The third-order valence-corrected chi connectivity index (χ3v) is 9.78. The number of aryl methyl sites for hydroxylation is 1. The lowest BCUT2D eigenvalue weighted by atomic mass is 10.0. The van der Waals surface area contributed by atoms with Crippen molar-refractivity contribution < 1.29 is 14.3 Å². The molecule has 1 fully saturated rings. The summed E-state index contributed by atoms with van der Waals surface area (Å²) in [5.41, 5.74) is 5.92. The first-order valence-electron chi connectivity index (χ1n) is 16.1. The fraction of sp³-hybridized carbons (Fsp3) is 0.282. The maximum atomic E-state index is 13.9. The molecular weight excluding hydrogens is 591 g/mol. The van der Waals surface area contributed by atoms with Gasteiger partial charge in [0.15, 0.2) is 5.78 Å². The minimum atomic E-state index is -0.0421. The van der Waals surface area contributed by atoms with Gasteiger partial charge in [-0.15, -0.1) is 0 Å². The summed E-state index contributed by atoms with van der Waals surface area (Å²) in [6, 6.07) is 32.3. The maximum absolute atomic E-state index is 13.9. The summed E-state index contributed by atoms with van der Waals surface area (Å²) in [6.07, 6.45) is 4.29. The first-order valence-corrected chi connectivity index (χ1v) is 16.9. The van der Waals surface area contributed by atoms with Gasteiger partial charge in [-0.05, 0) is 79.9 Å². The van der Waals surface area contributed by atoms with Crippen LogP contribution < -0.4 is 14.5 Å². The van der Waals surface area contributed by atoms with Gasteiger partial charge in [0, 0.05) is 48.7 Å². The van der Waals surface area contributed by atoms with Crippen molar-refractivity contribution in [2.24, 2.45) is 0 Å². The van der Waals surface area contributed by atoms with Crippen molar-refractivity contribution in [2.75, 3.05) is 49.6 Å². The van der Waals surface area contributed by atoms with Crippen LogP contribution in [-0.4, -0.2) is 56.4 Å². The van der Waals surface area contributed by atoms with Gasteiger partial charge in [0.05, 0.1) is 24.2 Å². The molecular formula is C39H41N3O3S. The number of carbonyl (C=O) groups is 2. The quantitative estimate of drug-likeness (QED) is 0.0955. The third kappa shape index (κ3) is 7.72. The zero-order valence-electron chi connectivity index (χ0n) is 26.7. The Balaban J connectivity index is 1.08. The predicted octanol–water partition coefficient (Wildman–Crippen LogP) is 7.86. The Morgan fingerprint density at radius 2 is 1.65 bits per heavy atom. The number of amides is 1. The number of benzene rings is 4. The van der Waals surface area contributed by atoms with Crippen LogP contribution in [0.15, 0.2) is 107 Å². The number of rotatable bonds is 11. The standard InChI is InChI=1S/C39H41N3O3S/c1-29-9-8-12-31(25-29)28-42-35-27-32(14-19-37(35)46-38(39(42)44)26-30-10-4-3-5-11-30)36(43)13-6-7-20-40-21-23-41(24-22-40)33-15-17-34(45-2)18-16-33/h3-5,8-12,14-19,25-27H,6-7,13,20-24,28H2,1-2H3/b38-26-. The number of ether oxygens (including phenoxy) is 1. The Bertz CT molecular complexity index is 1700. The Morgan fingerprint density at radius 1 is 0.870 bits per heavy atom. The number of anilines is 2. The summed E-state index contributed by atoms with van der Waals surface area (Å²) in [6.45, 7) is 7.55. The lowest BCUT2D eigenvalue weighted by Crippen LogP contribution is -2.46. The van der Waals surface area contributed by atoms with Gasteiger partial charge in [0.2, 0.25) is 0 Å². The largest absolute Gasteiger partial charge is 0.497 e. The highest BCUT2D eigenvalue weighted by Gasteiger charge is 2.30. The smallest absolute Gasteiger partial charge is 0.265 e. The number of ketones is 1. The van der Waals surface area contributed by atoms with Crippen molar-refractivity contribution in [3.8, 4) is 5.75 Å². The minimum absolute atomic E-state index is 0.0421. The Hall–Kier alpha value is -4.33. The number of methoxy groups -OCH3 is 1. The van der Waals surface area contributed by atoms with Gasteiger partial charge in [-0.25, -0.2) is 0 Å². The van der Waals surface area contributed by atoms with Gasteiger partial charge >= 0.3 is 0 Å². The number of piperazine rings is 1. The first-order chi connectivity index (χ1) is 22.5. The second-order valence-corrected chi connectivity index (χ2v) is 13.1. The molecule has 2 aliphatic rings. The number of fused-ring (bicyclic) bond motifs is 1. The number of Topliss-reactive ketones (excluding diaryl/α,β-unsaturated/α-hetero) is 1. The fourth-order valence-corrected chi connectivity index (χ4v) is 7.16. The lowest BCUT2D eigenvalue weighted by Gasteiger charge is -2.36. The molecule has 2 aliphatic heterocycles. The second-order valence-electron chi connectivity index (χ2n) is 12.0. The number of hydrogen-bond acceptors (Lipinski definition) is 6. The van der Waals surface area contributed by atoms with Gasteiger partial charge in [-0.3, -0.25) is 14.5 Å². The molecule has 1 saturated heterocycles. The van der Waals surface area contributed by atoms with Crippen LogP contribution in [0.25, 0.3) is 6.08 Å². The van der Waals surface area contributed by atoms with E-state index in [1.807, 2.05) is 77.7 Å². The van der Waals surface area contributed by atoms with E-state index in [-0.39, 0.29) is 11.7 Å². The number of carbonyl (C=O) groups excluding carboxylic acids is 2. The van der Waals surface area contributed by atoms with E-state index < -0.39 is 0 Å². The summed E-state index contributed by atoms with van der Waals surface area (Å²) >= 11 is 1.48. The molecule has 0 saturated carbocycles. The molecule has 6 nitrogen and oxygen atoms in total. The Labute approximate surface area is 276 Å².